The third-order valence-corrected chi connectivity index (χ3v) is 5.59. The third kappa shape index (κ3) is 4.73. The van der Waals surface area contributed by atoms with Gasteiger partial charge in [0.2, 0.25) is 11.8 Å². The lowest BCUT2D eigenvalue weighted by atomic mass is 10.0. The standard InChI is InChI=1S/C23H25FN4O3/c1-15-10-16(2)28(23(30)26-15)14-21(29)27-9-4-3-8-20(27)22-25-13-19(31-22)12-17-6-5-7-18(24)11-17/h5-7,10-11,13,20H,3-4,8-9,12,14H2,1-2H3/t20-/m0/s1. The maximum absolute atomic E-state index is 13.4. The SMILES string of the molecule is Cc1cc(C)n(CC(=O)N2CCCC[C@H]2c2ncc(Cc3cccc(F)c3)o2)c(=O)n1. The molecule has 0 unspecified atom stereocenters. The average Bonchev–Trinajstić information content (AvgIpc) is 3.19. The summed E-state index contributed by atoms with van der Waals surface area (Å²) < 4.78 is 20.8. The van der Waals surface area contributed by atoms with Gasteiger partial charge < -0.3 is 9.32 Å². The minimum Gasteiger partial charge on any atom is -0.443 e. The van der Waals surface area contributed by atoms with Crippen LogP contribution >= 0.6 is 0 Å². The molecular weight excluding hydrogens is 399 g/mol. The van der Waals surface area contributed by atoms with Gasteiger partial charge >= 0.3 is 5.69 Å². The highest BCUT2D eigenvalue weighted by atomic mass is 19.1. The normalized spacial score (nSPS) is 16.5. The molecule has 0 saturated carbocycles. The van der Waals surface area contributed by atoms with Gasteiger partial charge in [-0.05, 0) is 56.9 Å². The molecule has 3 aromatic rings. The number of oxazole rings is 1. The zero-order valence-corrected chi connectivity index (χ0v) is 17.7. The molecule has 1 saturated heterocycles. The van der Waals surface area contributed by atoms with E-state index in [1.807, 2.05) is 6.07 Å². The van der Waals surface area contributed by atoms with E-state index in [1.54, 1.807) is 37.1 Å². The molecule has 0 aliphatic carbocycles. The molecule has 1 amide bonds. The molecule has 31 heavy (non-hydrogen) atoms. The minimum atomic E-state index is -0.423. The van der Waals surface area contributed by atoms with E-state index in [0.29, 0.717) is 36.0 Å². The van der Waals surface area contributed by atoms with Gasteiger partial charge in [-0.2, -0.15) is 4.98 Å². The zero-order valence-electron chi connectivity index (χ0n) is 17.7. The monoisotopic (exact) mass is 424 g/mol. The Morgan fingerprint density at radius 1 is 1.26 bits per heavy atom. The summed E-state index contributed by atoms with van der Waals surface area (Å²) in [7, 11) is 0. The molecule has 0 bridgehead atoms. The Balaban J connectivity index is 1.52. The summed E-state index contributed by atoms with van der Waals surface area (Å²) in [4.78, 5) is 35.4. The van der Waals surface area contributed by atoms with E-state index in [9.17, 15) is 14.0 Å². The number of aromatic nitrogens is 3. The number of hydrogen-bond donors (Lipinski definition) is 0. The number of benzene rings is 1. The molecule has 1 aliphatic heterocycles. The van der Waals surface area contributed by atoms with Crippen LogP contribution in [0.2, 0.25) is 0 Å². The minimum absolute atomic E-state index is 0.0642. The Bertz CT molecular complexity index is 1150. The molecule has 0 spiro atoms. The predicted octanol–water partition coefficient (Wildman–Crippen LogP) is 3.33. The molecule has 1 aliphatic rings. The first-order valence-corrected chi connectivity index (χ1v) is 10.4. The van der Waals surface area contributed by atoms with Gasteiger partial charge in [-0.3, -0.25) is 9.36 Å². The van der Waals surface area contributed by atoms with E-state index in [0.717, 1.165) is 24.8 Å². The molecule has 8 heteroatoms. The summed E-state index contributed by atoms with van der Waals surface area (Å²) in [6.07, 6.45) is 4.65. The Kier molecular flexibility index (Phi) is 5.97. The highest BCUT2D eigenvalue weighted by molar-refractivity contribution is 5.76. The molecule has 1 aromatic carbocycles. The summed E-state index contributed by atoms with van der Waals surface area (Å²) in [5, 5.41) is 0. The van der Waals surface area contributed by atoms with Crippen molar-refractivity contribution in [2.24, 2.45) is 0 Å². The number of piperidine rings is 1. The highest BCUT2D eigenvalue weighted by Crippen LogP contribution is 2.31. The summed E-state index contributed by atoms with van der Waals surface area (Å²) in [5.41, 5.74) is 1.70. The first kappa shape index (κ1) is 21.0. The summed E-state index contributed by atoms with van der Waals surface area (Å²) >= 11 is 0. The topological polar surface area (TPSA) is 81.2 Å². The average molecular weight is 424 g/mol. The molecule has 0 radical (unpaired) electrons. The van der Waals surface area contributed by atoms with Crippen LogP contribution in [0, 0.1) is 19.7 Å². The van der Waals surface area contributed by atoms with Crippen molar-refractivity contribution in [2.45, 2.75) is 52.1 Å². The van der Waals surface area contributed by atoms with E-state index in [-0.39, 0.29) is 24.3 Å². The van der Waals surface area contributed by atoms with Crippen LogP contribution in [-0.4, -0.2) is 31.9 Å². The molecule has 162 valence electrons. The van der Waals surface area contributed by atoms with Crippen molar-refractivity contribution in [1.29, 1.82) is 0 Å². The molecule has 7 nitrogen and oxygen atoms in total. The van der Waals surface area contributed by atoms with Crippen LogP contribution in [0.4, 0.5) is 4.39 Å². The van der Waals surface area contributed by atoms with Crippen LogP contribution in [-0.2, 0) is 17.8 Å². The van der Waals surface area contributed by atoms with Crippen molar-refractivity contribution < 1.29 is 13.6 Å². The summed E-state index contributed by atoms with van der Waals surface area (Å²) in [5.74, 6) is 0.641. The Hall–Kier alpha value is -3.29. The van der Waals surface area contributed by atoms with Crippen LogP contribution in [0.3, 0.4) is 0 Å². The highest BCUT2D eigenvalue weighted by Gasteiger charge is 2.31. The van der Waals surface area contributed by atoms with Crippen molar-refractivity contribution in [3.05, 3.63) is 81.4 Å². The number of nitrogens with zero attached hydrogens (tertiary/aromatic N) is 4. The molecule has 4 rings (SSSR count). The fourth-order valence-electron chi connectivity index (χ4n) is 4.09. The molecule has 1 atom stereocenters. The van der Waals surface area contributed by atoms with Crippen LogP contribution in [0.15, 0.2) is 45.7 Å². The van der Waals surface area contributed by atoms with Crippen molar-refractivity contribution >= 4 is 5.91 Å². The smallest absolute Gasteiger partial charge is 0.348 e. The number of rotatable bonds is 5. The van der Waals surface area contributed by atoms with Crippen LogP contribution in [0.5, 0.6) is 0 Å². The number of carbonyl (C=O) groups is 1. The van der Waals surface area contributed by atoms with Crippen LogP contribution < -0.4 is 5.69 Å². The second kappa shape index (κ2) is 8.83. The molecule has 3 heterocycles. The second-order valence-corrected chi connectivity index (χ2v) is 7.98. The van der Waals surface area contributed by atoms with Gasteiger partial charge in [0.25, 0.3) is 0 Å². The maximum atomic E-state index is 13.4. The number of hydrogen-bond acceptors (Lipinski definition) is 5. The second-order valence-electron chi connectivity index (χ2n) is 7.98. The van der Waals surface area contributed by atoms with E-state index in [1.165, 1.54) is 16.7 Å². The first-order chi connectivity index (χ1) is 14.9. The summed E-state index contributed by atoms with van der Waals surface area (Å²) in [6, 6.07) is 7.86. The number of halogens is 1. The fraction of sp³-hybridized carbons (Fsp3) is 0.391. The Morgan fingerprint density at radius 2 is 2.10 bits per heavy atom. The van der Waals surface area contributed by atoms with Gasteiger partial charge in [0.1, 0.15) is 24.2 Å². The molecule has 1 fully saturated rings. The third-order valence-electron chi connectivity index (χ3n) is 5.59. The molecule has 2 aromatic heterocycles. The van der Waals surface area contributed by atoms with Crippen molar-refractivity contribution in [3.63, 3.8) is 0 Å². The van der Waals surface area contributed by atoms with E-state index < -0.39 is 5.69 Å². The zero-order chi connectivity index (χ0) is 22.0. The van der Waals surface area contributed by atoms with E-state index in [2.05, 4.69) is 9.97 Å². The fourth-order valence-corrected chi connectivity index (χ4v) is 4.09. The lowest BCUT2D eigenvalue weighted by Gasteiger charge is -2.34. The van der Waals surface area contributed by atoms with Gasteiger partial charge in [-0.25, -0.2) is 14.2 Å². The van der Waals surface area contributed by atoms with E-state index >= 15 is 0 Å². The van der Waals surface area contributed by atoms with Crippen molar-refractivity contribution in [2.75, 3.05) is 6.54 Å². The number of aryl methyl sites for hydroxylation is 2. The van der Waals surface area contributed by atoms with Crippen molar-refractivity contribution in [3.8, 4) is 0 Å². The van der Waals surface area contributed by atoms with Gasteiger partial charge in [0.15, 0.2) is 0 Å². The van der Waals surface area contributed by atoms with Crippen molar-refractivity contribution in [1.82, 2.24) is 19.4 Å². The Labute approximate surface area is 179 Å². The molecule has 0 N–H and O–H groups in total. The van der Waals surface area contributed by atoms with Crippen LogP contribution in [0.1, 0.15) is 53.9 Å². The predicted molar refractivity (Wildman–Crippen MR) is 112 cm³/mol. The van der Waals surface area contributed by atoms with Gasteiger partial charge in [0, 0.05) is 24.4 Å². The van der Waals surface area contributed by atoms with E-state index in [4.69, 9.17) is 4.42 Å². The lowest BCUT2D eigenvalue weighted by molar-refractivity contribution is -0.136. The lowest BCUT2D eigenvalue weighted by Crippen LogP contribution is -2.42. The number of likely N-dealkylation sites (tertiary alicyclic amines) is 1. The maximum Gasteiger partial charge on any atom is 0.348 e. The van der Waals surface area contributed by atoms with Gasteiger partial charge in [0.05, 0.1) is 6.20 Å². The largest absolute Gasteiger partial charge is 0.443 e. The quantitative estimate of drug-likeness (QED) is 0.628. The van der Waals surface area contributed by atoms with Gasteiger partial charge in [-0.1, -0.05) is 12.1 Å². The van der Waals surface area contributed by atoms with Gasteiger partial charge in [-0.15, -0.1) is 0 Å². The number of carbonyl (C=O) groups excluding carboxylic acids is 1. The molecular formula is C23H25FN4O3. The first-order valence-electron chi connectivity index (χ1n) is 10.4. The van der Waals surface area contributed by atoms with Crippen LogP contribution in [0.25, 0.3) is 0 Å². The number of amides is 1. The Morgan fingerprint density at radius 3 is 2.87 bits per heavy atom. The summed E-state index contributed by atoms with van der Waals surface area (Å²) in [6.45, 7) is 4.07.